The van der Waals surface area contributed by atoms with Crippen molar-refractivity contribution in [1.29, 1.82) is 0 Å². The molecule has 0 heterocycles. The monoisotopic (exact) mass is 225 g/mol. The maximum Gasteiger partial charge on any atom is 0.0437 e. The first-order chi connectivity index (χ1) is 7.27. The smallest absolute Gasteiger partial charge is 0.0437 e. The minimum Gasteiger partial charge on any atom is -0.314 e. The van der Waals surface area contributed by atoms with Gasteiger partial charge < -0.3 is 5.32 Å². The van der Waals surface area contributed by atoms with Crippen molar-refractivity contribution in [3.8, 4) is 0 Å². The Kier molecular flexibility index (Phi) is 5.74. The van der Waals surface area contributed by atoms with Crippen molar-refractivity contribution in [3.63, 3.8) is 0 Å². The molecule has 0 aliphatic carbocycles. The normalized spacial score (nSPS) is 12.7. The number of rotatable bonds is 6. The topological polar surface area (TPSA) is 12.0 Å². The van der Waals surface area contributed by atoms with Crippen molar-refractivity contribution >= 4 is 11.6 Å². The fourth-order valence-electron chi connectivity index (χ4n) is 1.77. The second kappa shape index (κ2) is 6.86. The predicted molar refractivity (Wildman–Crippen MR) is 67.5 cm³/mol. The van der Waals surface area contributed by atoms with E-state index in [1.165, 1.54) is 12.0 Å². The number of halogens is 1. The van der Waals surface area contributed by atoms with E-state index < -0.39 is 0 Å². The van der Waals surface area contributed by atoms with Crippen LogP contribution in [0.25, 0.3) is 0 Å². The zero-order valence-electron chi connectivity index (χ0n) is 9.59. The molecule has 0 spiro atoms. The van der Waals surface area contributed by atoms with E-state index in [-0.39, 0.29) is 0 Å². The van der Waals surface area contributed by atoms with Gasteiger partial charge in [-0.2, -0.15) is 0 Å². The molecule has 1 atom stereocenters. The predicted octanol–water partition coefficient (Wildman–Crippen LogP) is 3.66. The van der Waals surface area contributed by atoms with E-state index in [2.05, 4.69) is 31.3 Å². The van der Waals surface area contributed by atoms with Crippen molar-refractivity contribution in [1.82, 2.24) is 5.32 Å². The van der Waals surface area contributed by atoms with Gasteiger partial charge in [0, 0.05) is 11.1 Å². The molecule has 0 saturated heterocycles. The zero-order chi connectivity index (χ0) is 11.1. The van der Waals surface area contributed by atoms with Gasteiger partial charge in [-0.3, -0.25) is 0 Å². The molecule has 1 rings (SSSR count). The van der Waals surface area contributed by atoms with E-state index in [1.807, 2.05) is 12.1 Å². The van der Waals surface area contributed by atoms with Crippen molar-refractivity contribution in [2.45, 2.75) is 39.2 Å². The quantitative estimate of drug-likeness (QED) is 0.779. The van der Waals surface area contributed by atoms with Crippen LogP contribution in [0, 0.1) is 0 Å². The highest BCUT2D eigenvalue weighted by Gasteiger charge is 2.05. The van der Waals surface area contributed by atoms with E-state index in [0.717, 1.165) is 24.4 Å². The van der Waals surface area contributed by atoms with Crippen molar-refractivity contribution in [2.75, 3.05) is 6.54 Å². The molecule has 15 heavy (non-hydrogen) atoms. The average molecular weight is 226 g/mol. The van der Waals surface area contributed by atoms with Crippen LogP contribution in [0.3, 0.4) is 0 Å². The average Bonchev–Trinajstić information content (AvgIpc) is 2.26. The molecule has 1 aromatic carbocycles. The van der Waals surface area contributed by atoms with Gasteiger partial charge in [-0.1, -0.05) is 43.6 Å². The largest absolute Gasteiger partial charge is 0.314 e. The summed E-state index contributed by atoms with van der Waals surface area (Å²) in [6.45, 7) is 5.42. The van der Waals surface area contributed by atoms with E-state index >= 15 is 0 Å². The third kappa shape index (κ3) is 4.23. The number of hydrogen-bond acceptors (Lipinski definition) is 1. The molecule has 0 bridgehead atoms. The van der Waals surface area contributed by atoms with Crippen LogP contribution in [0.2, 0.25) is 5.02 Å². The second-order valence-electron chi connectivity index (χ2n) is 3.79. The van der Waals surface area contributed by atoms with Crippen molar-refractivity contribution < 1.29 is 0 Å². The number of aryl methyl sites for hydroxylation is 1. The SMILES string of the molecule is CCNC(CC)CCc1ccccc1Cl. The van der Waals surface area contributed by atoms with Gasteiger partial charge in [0.25, 0.3) is 0 Å². The van der Waals surface area contributed by atoms with Crippen molar-refractivity contribution in [3.05, 3.63) is 34.9 Å². The molecule has 1 N–H and O–H groups in total. The molecule has 1 unspecified atom stereocenters. The third-order valence-electron chi connectivity index (χ3n) is 2.71. The van der Waals surface area contributed by atoms with Crippen LogP contribution in [-0.2, 0) is 6.42 Å². The Morgan fingerprint density at radius 2 is 2.00 bits per heavy atom. The molecular formula is C13H20ClN. The molecule has 1 aromatic rings. The lowest BCUT2D eigenvalue weighted by atomic mass is 10.0. The van der Waals surface area contributed by atoms with Gasteiger partial charge in [-0.05, 0) is 37.4 Å². The summed E-state index contributed by atoms with van der Waals surface area (Å²) in [5.74, 6) is 0. The second-order valence-corrected chi connectivity index (χ2v) is 4.20. The zero-order valence-corrected chi connectivity index (χ0v) is 10.3. The maximum atomic E-state index is 6.11. The van der Waals surface area contributed by atoms with Gasteiger partial charge in [0.2, 0.25) is 0 Å². The fraction of sp³-hybridized carbons (Fsp3) is 0.538. The lowest BCUT2D eigenvalue weighted by molar-refractivity contribution is 0.481. The Hall–Kier alpha value is -0.530. The lowest BCUT2D eigenvalue weighted by Crippen LogP contribution is -2.28. The third-order valence-corrected chi connectivity index (χ3v) is 3.07. The molecule has 2 heteroatoms. The minimum atomic E-state index is 0.617. The Morgan fingerprint density at radius 3 is 2.60 bits per heavy atom. The van der Waals surface area contributed by atoms with E-state index in [1.54, 1.807) is 0 Å². The van der Waals surface area contributed by atoms with E-state index in [0.29, 0.717) is 6.04 Å². The standard InChI is InChI=1S/C13H20ClN/c1-3-12(15-4-2)10-9-11-7-5-6-8-13(11)14/h5-8,12,15H,3-4,9-10H2,1-2H3. The Morgan fingerprint density at radius 1 is 1.27 bits per heavy atom. The minimum absolute atomic E-state index is 0.617. The molecule has 0 aliphatic heterocycles. The summed E-state index contributed by atoms with van der Waals surface area (Å²) < 4.78 is 0. The molecule has 0 aliphatic rings. The van der Waals surface area contributed by atoms with Crippen molar-refractivity contribution in [2.24, 2.45) is 0 Å². The van der Waals surface area contributed by atoms with Crippen LogP contribution in [0.5, 0.6) is 0 Å². The Balaban J connectivity index is 2.45. The summed E-state index contributed by atoms with van der Waals surface area (Å²) >= 11 is 6.11. The summed E-state index contributed by atoms with van der Waals surface area (Å²) in [6.07, 6.45) is 3.40. The molecule has 0 radical (unpaired) electrons. The van der Waals surface area contributed by atoms with Crippen LogP contribution in [0.15, 0.2) is 24.3 Å². The summed E-state index contributed by atoms with van der Waals surface area (Å²) in [4.78, 5) is 0. The molecule has 84 valence electrons. The number of benzene rings is 1. The van der Waals surface area contributed by atoms with Gasteiger partial charge >= 0.3 is 0 Å². The van der Waals surface area contributed by atoms with Gasteiger partial charge in [0.15, 0.2) is 0 Å². The molecule has 1 nitrogen and oxygen atoms in total. The lowest BCUT2D eigenvalue weighted by Gasteiger charge is -2.15. The van der Waals surface area contributed by atoms with Gasteiger partial charge in [-0.25, -0.2) is 0 Å². The summed E-state index contributed by atoms with van der Waals surface area (Å²) in [6, 6.07) is 8.72. The van der Waals surface area contributed by atoms with Gasteiger partial charge in [-0.15, -0.1) is 0 Å². The molecule has 0 saturated carbocycles. The van der Waals surface area contributed by atoms with Gasteiger partial charge in [0.05, 0.1) is 0 Å². The first-order valence-corrected chi connectivity index (χ1v) is 6.12. The number of nitrogens with one attached hydrogen (secondary N) is 1. The highest BCUT2D eigenvalue weighted by atomic mass is 35.5. The van der Waals surface area contributed by atoms with Crippen LogP contribution >= 0.6 is 11.6 Å². The van der Waals surface area contributed by atoms with Crippen LogP contribution in [-0.4, -0.2) is 12.6 Å². The highest BCUT2D eigenvalue weighted by molar-refractivity contribution is 6.31. The van der Waals surface area contributed by atoms with Crippen LogP contribution < -0.4 is 5.32 Å². The first kappa shape index (κ1) is 12.5. The first-order valence-electron chi connectivity index (χ1n) is 5.74. The molecule has 0 fully saturated rings. The van der Waals surface area contributed by atoms with E-state index in [9.17, 15) is 0 Å². The van der Waals surface area contributed by atoms with Gasteiger partial charge in [0.1, 0.15) is 0 Å². The Labute approximate surface area is 97.8 Å². The number of hydrogen-bond donors (Lipinski definition) is 1. The van der Waals surface area contributed by atoms with Crippen LogP contribution in [0.1, 0.15) is 32.3 Å². The fourth-order valence-corrected chi connectivity index (χ4v) is 2.00. The summed E-state index contributed by atoms with van der Waals surface area (Å²) in [5, 5.41) is 4.37. The summed E-state index contributed by atoms with van der Waals surface area (Å²) in [5.41, 5.74) is 1.26. The summed E-state index contributed by atoms with van der Waals surface area (Å²) in [7, 11) is 0. The Bertz CT molecular complexity index is 286. The molecular weight excluding hydrogens is 206 g/mol. The molecule has 0 amide bonds. The van der Waals surface area contributed by atoms with E-state index in [4.69, 9.17) is 11.6 Å². The molecule has 0 aromatic heterocycles. The van der Waals surface area contributed by atoms with Crippen LogP contribution in [0.4, 0.5) is 0 Å². The highest BCUT2D eigenvalue weighted by Crippen LogP contribution is 2.17. The maximum absolute atomic E-state index is 6.11.